The predicted molar refractivity (Wildman–Crippen MR) is 135 cm³/mol. The zero-order valence-corrected chi connectivity index (χ0v) is 20.1. The van der Waals surface area contributed by atoms with Gasteiger partial charge in [0.15, 0.2) is 0 Å². The number of aromatic nitrogens is 1. The molecule has 1 aromatic heterocycles. The largest absolute Gasteiger partial charge is 0.376 e. The van der Waals surface area contributed by atoms with Gasteiger partial charge in [-0.15, -0.1) is 0 Å². The molecule has 2 saturated heterocycles. The standard InChI is InChI=1S/C26H36N6O/c1-20-14-22(32-12-10-31(11-13-32)18-21-6-4-5-9-29-21)7-8-24(20)25(30-27)17-28-16-23-15-26(2,3)19-33-23/h4-9,14,17,23H,10-13,15-16,18-19,27H2,1-3H3/b28-17?,30-25+. The fourth-order valence-corrected chi connectivity index (χ4v) is 4.64. The van der Waals surface area contributed by atoms with E-state index >= 15 is 0 Å². The Labute approximate surface area is 197 Å². The first-order chi connectivity index (χ1) is 15.9. The molecule has 2 N–H and O–H groups in total. The Kier molecular flexibility index (Phi) is 7.40. The van der Waals surface area contributed by atoms with Crippen LogP contribution in [0.25, 0.3) is 0 Å². The summed E-state index contributed by atoms with van der Waals surface area (Å²) < 4.78 is 5.84. The van der Waals surface area contributed by atoms with Crippen molar-refractivity contribution in [2.45, 2.75) is 39.8 Å². The second-order valence-electron chi connectivity index (χ2n) is 9.89. The maximum Gasteiger partial charge on any atom is 0.108 e. The highest BCUT2D eigenvalue weighted by Crippen LogP contribution is 2.31. The van der Waals surface area contributed by atoms with Crippen LogP contribution in [0, 0.1) is 12.3 Å². The molecule has 1 aromatic carbocycles. The molecule has 0 radical (unpaired) electrons. The van der Waals surface area contributed by atoms with Crippen LogP contribution in [0.3, 0.4) is 0 Å². The van der Waals surface area contributed by atoms with Crippen LogP contribution in [0.5, 0.6) is 0 Å². The first-order valence-corrected chi connectivity index (χ1v) is 11.8. The molecule has 4 rings (SSSR count). The van der Waals surface area contributed by atoms with Crippen molar-refractivity contribution in [1.29, 1.82) is 0 Å². The Hall–Kier alpha value is -2.77. The summed E-state index contributed by atoms with van der Waals surface area (Å²) in [4.78, 5) is 13.9. The van der Waals surface area contributed by atoms with E-state index in [2.05, 4.69) is 76.0 Å². The molecule has 0 aliphatic carbocycles. The number of aliphatic imine (C=N–C) groups is 1. The lowest BCUT2D eigenvalue weighted by Gasteiger charge is -2.36. The lowest BCUT2D eigenvalue weighted by atomic mass is 9.91. The van der Waals surface area contributed by atoms with Crippen LogP contribution in [-0.2, 0) is 11.3 Å². The number of hydrazone groups is 1. The molecule has 2 aliphatic heterocycles. The molecule has 2 fully saturated rings. The number of ether oxygens (including phenoxy) is 1. The molecule has 7 heteroatoms. The fraction of sp³-hybridized carbons (Fsp3) is 0.500. The fourth-order valence-electron chi connectivity index (χ4n) is 4.64. The van der Waals surface area contributed by atoms with Crippen molar-refractivity contribution in [2.75, 3.05) is 44.2 Å². The van der Waals surface area contributed by atoms with Crippen molar-refractivity contribution >= 4 is 17.6 Å². The Balaban J connectivity index is 1.33. The minimum atomic E-state index is 0.176. The van der Waals surface area contributed by atoms with E-state index in [9.17, 15) is 0 Å². The number of aryl methyl sites for hydroxylation is 1. The van der Waals surface area contributed by atoms with Gasteiger partial charge < -0.3 is 15.5 Å². The summed E-state index contributed by atoms with van der Waals surface area (Å²) in [5.41, 5.74) is 5.48. The molecule has 2 aromatic rings. The van der Waals surface area contributed by atoms with Crippen molar-refractivity contribution < 1.29 is 4.74 Å². The summed E-state index contributed by atoms with van der Waals surface area (Å²) in [5, 5.41) is 4.00. The van der Waals surface area contributed by atoms with Crippen LogP contribution in [0.15, 0.2) is 52.7 Å². The molecule has 1 unspecified atom stereocenters. The van der Waals surface area contributed by atoms with E-state index in [-0.39, 0.29) is 11.5 Å². The van der Waals surface area contributed by atoms with Crippen LogP contribution in [-0.4, -0.2) is 67.2 Å². The number of nitrogens with two attached hydrogens (primary N) is 1. The molecule has 0 amide bonds. The Morgan fingerprint density at radius 2 is 2.03 bits per heavy atom. The summed E-state index contributed by atoms with van der Waals surface area (Å²) in [7, 11) is 0. The number of hydrogen-bond donors (Lipinski definition) is 1. The molecule has 33 heavy (non-hydrogen) atoms. The van der Waals surface area contributed by atoms with Gasteiger partial charge >= 0.3 is 0 Å². The van der Waals surface area contributed by atoms with Gasteiger partial charge in [-0.1, -0.05) is 26.0 Å². The number of nitrogens with zero attached hydrogens (tertiary/aromatic N) is 5. The smallest absolute Gasteiger partial charge is 0.108 e. The molecule has 0 bridgehead atoms. The molecule has 1 atom stereocenters. The van der Waals surface area contributed by atoms with Gasteiger partial charge in [0, 0.05) is 56.4 Å². The first-order valence-electron chi connectivity index (χ1n) is 11.8. The molecule has 0 saturated carbocycles. The number of anilines is 1. The minimum Gasteiger partial charge on any atom is -0.376 e. The van der Waals surface area contributed by atoms with Crippen LogP contribution >= 0.6 is 0 Å². The second-order valence-corrected chi connectivity index (χ2v) is 9.89. The molecule has 7 nitrogen and oxygen atoms in total. The summed E-state index contributed by atoms with van der Waals surface area (Å²) in [6.07, 6.45) is 4.85. The number of rotatable bonds is 7. The van der Waals surface area contributed by atoms with Gasteiger partial charge in [0.2, 0.25) is 0 Å². The van der Waals surface area contributed by atoms with Gasteiger partial charge in [-0.3, -0.25) is 14.9 Å². The zero-order chi connectivity index (χ0) is 23.3. The number of piperazine rings is 1. The normalized spacial score (nSPS) is 21.7. The zero-order valence-electron chi connectivity index (χ0n) is 20.1. The van der Waals surface area contributed by atoms with Crippen molar-refractivity contribution in [3.05, 3.63) is 59.4 Å². The van der Waals surface area contributed by atoms with Crippen LogP contribution in [0.4, 0.5) is 5.69 Å². The average molecular weight is 449 g/mol. The maximum absolute atomic E-state index is 5.84. The van der Waals surface area contributed by atoms with Gasteiger partial charge in [0.25, 0.3) is 0 Å². The lowest BCUT2D eigenvalue weighted by molar-refractivity contribution is 0.105. The second kappa shape index (κ2) is 10.4. The lowest BCUT2D eigenvalue weighted by Crippen LogP contribution is -2.46. The third-order valence-corrected chi connectivity index (χ3v) is 6.49. The van der Waals surface area contributed by atoms with Gasteiger partial charge in [0.1, 0.15) is 5.71 Å². The van der Waals surface area contributed by atoms with Crippen molar-refractivity contribution in [3.63, 3.8) is 0 Å². The van der Waals surface area contributed by atoms with Crippen molar-refractivity contribution in [2.24, 2.45) is 21.4 Å². The topological polar surface area (TPSA) is 79.3 Å². The highest BCUT2D eigenvalue weighted by atomic mass is 16.5. The Bertz CT molecular complexity index is 980. The maximum atomic E-state index is 5.84. The monoisotopic (exact) mass is 448 g/mol. The summed E-state index contributed by atoms with van der Waals surface area (Å²) in [6, 6.07) is 12.6. The summed E-state index contributed by atoms with van der Waals surface area (Å²) >= 11 is 0. The van der Waals surface area contributed by atoms with Gasteiger partial charge in [-0.2, -0.15) is 5.10 Å². The van der Waals surface area contributed by atoms with E-state index in [4.69, 9.17) is 10.6 Å². The molecule has 3 heterocycles. The predicted octanol–water partition coefficient (Wildman–Crippen LogP) is 3.26. The van der Waals surface area contributed by atoms with E-state index in [1.165, 1.54) is 5.69 Å². The third-order valence-electron chi connectivity index (χ3n) is 6.49. The Morgan fingerprint density at radius 3 is 2.67 bits per heavy atom. The highest BCUT2D eigenvalue weighted by molar-refractivity contribution is 6.38. The first kappa shape index (κ1) is 23.4. The summed E-state index contributed by atoms with van der Waals surface area (Å²) in [6.45, 7) is 13.0. The SMILES string of the molecule is Cc1cc(N2CCN(Cc3ccccn3)CC2)ccc1/C(C=NCC1CC(C)(C)CO1)=N/N. The van der Waals surface area contributed by atoms with Crippen LogP contribution in [0.2, 0.25) is 0 Å². The van der Waals surface area contributed by atoms with Crippen molar-refractivity contribution in [3.8, 4) is 0 Å². The average Bonchev–Trinajstić information content (AvgIpc) is 3.17. The molecule has 176 valence electrons. The van der Waals surface area contributed by atoms with E-state index in [1.807, 2.05) is 12.3 Å². The number of hydrogen-bond acceptors (Lipinski definition) is 7. The highest BCUT2D eigenvalue weighted by Gasteiger charge is 2.31. The molecular formula is C26H36N6O. The van der Waals surface area contributed by atoms with Gasteiger partial charge in [-0.25, -0.2) is 0 Å². The third kappa shape index (κ3) is 6.18. The minimum absolute atomic E-state index is 0.176. The Morgan fingerprint density at radius 1 is 1.21 bits per heavy atom. The summed E-state index contributed by atoms with van der Waals surface area (Å²) in [5.74, 6) is 5.71. The quantitative estimate of drug-likeness (QED) is 0.400. The van der Waals surface area contributed by atoms with E-state index in [0.29, 0.717) is 12.3 Å². The molecule has 2 aliphatic rings. The van der Waals surface area contributed by atoms with Crippen LogP contribution < -0.4 is 10.7 Å². The number of pyridine rings is 1. The number of benzene rings is 1. The van der Waals surface area contributed by atoms with E-state index in [1.54, 1.807) is 6.21 Å². The van der Waals surface area contributed by atoms with E-state index < -0.39 is 0 Å². The van der Waals surface area contributed by atoms with Crippen molar-refractivity contribution in [1.82, 2.24) is 9.88 Å². The van der Waals surface area contributed by atoms with Crippen LogP contribution in [0.1, 0.15) is 37.1 Å². The van der Waals surface area contributed by atoms with Gasteiger partial charge in [-0.05, 0) is 48.6 Å². The molecular weight excluding hydrogens is 412 g/mol. The molecule has 0 spiro atoms. The van der Waals surface area contributed by atoms with E-state index in [0.717, 1.165) is 62.6 Å². The van der Waals surface area contributed by atoms with Gasteiger partial charge in [0.05, 0.1) is 24.9 Å².